The van der Waals surface area contributed by atoms with E-state index in [2.05, 4.69) is 5.32 Å². The van der Waals surface area contributed by atoms with Gasteiger partial charge in [0.05, 0.1) is 5.56 Å². The van der Waals surface area contributed by atoms with E-state index in [0.717, 1.165) is 5.69 Å². The number of esters is 1. The van der Waals surface area contributed by atoms with Crippen LogP contribution in [-0.4, -0.2) is 32.1 Å². The number of rotatable bonds is 5. The predicted molar refractivity (Wildman–Crippen MR) is 95.7 cm³/mol. The van der Waals surface area contributed by atoms with E-state index in [1.54, 1.807) is 42.5 Å². The molecule has 1 atom stereocenters. The Morgan fingerprint density at radius 3 is 2.42 bits per heavy atom. The van der Waals surface area contributed by atoms with Gasteiger partial charge in [0.25, 0.3) is 5.91 Å². The average molecular weight is 347 g/mol. The van der Waals surface area contributed by atoms with Crippen LogP contribution in [0.1, 0.15) is 17.3 Å². The number of amides is 1. The molecular formula is C18H19ClN2O3. The number of nitrogens with zero attached hydrogens (tertiary/aromatic N) is 1. The number of ether oxygens (including phenoxy) is 1. The van der Waals surface area contributed by atoms with Gasteiger partial charge < -0.3 is 15.0 Å². The number of carbonyl (C=O) groups excluding carboxylic acids is 2. The maximum Gasteiger partial charge on any atom is 0.338 e. The Bertz CT molecular complexity index is 729. The van der Waals surface area contributed by atoms with Crippen LogP contribution in [0.5, 0.6) is 0 Å². The van der Waals surface area contributed by atoms with Gasteiger partial charge in [0, 0.05) is 30.5 Å². The maximum atomic E-state index is 12.2. The van der Waals surface area contributed by atoms with Gasteiger partial charge >= 0.3 is 5.97 Å². The molecule has 0 saturated carbocycles. The standard InChI is InChI=1S/C18H19ClN2O3/c1-12(17(22)20-15-9-7-14(19)8-10-15)24-18(23)13-5-4-6-16(11-13)21(2)3/h4-12H,1-3H3,(H,20,22)/t12-/m0/s1. The molecule has 24 heavy (non-hydrogen) atoms. The first-order valence-electron chi connectivity index (χ1n) is 7.41. The second kappa shape index (κ2) is 7.84. The summed E-state index contributed by atoms with van der Waals surface area (Å²) in [5.41, 5.74) is 1.86. The molecule has 1 N–H and O–H groups in total. The lowest BCUT2D eigenvalue weighted by atomic mass is 10.2. The molecule has 2 aromatic carbocycles. The van der Waals surface area contributed by atoms with Crippen LogP contribution < -0.4 is 10.2 Å². The third-order valence-corrected chi connectivity index (χ3v) is 3.62. The van der Waals surface area contributed by atoms with Crippen molar-refractivity contribution in [1.82, 2.24) is 0 Å². The fourth-order valence-corrected chi connectivity index (χ4v) is 2.10. The predicted octanol–water partition coefficient (Wildman–Crippen LogP) is 3.59. The molecule has 0 radical (unpaired) electrons. The minimum absolute atomic E-state index is 0.396. The van der Waals surface area contributed by atoms with Gasteiger partial charge in [-0.15, -0.1) is 0 Å². The summed E-state index contributed by atoms with van der Waals surface area (Å²) in [5, 5.41) is 3.25. The van der Waals surface area contributed by atoms with E-state index in [0.29, 0.717) is 16.3 Å². The molecule has 0 aliphatic rings. The molecule has 0 saturated heterocycles. The SMILES string of the molecule is C[C@H](OC(=O)c1cccc(N(C)C)c1)C(=O)Nc1ccc(Cl)cc1. The lowest BCUT2D eigenvalue weighted by Crippen LogP contribution is -2.30. The summed E-state index contributed by atoms with van der Waals surface area (Å²) in [6.07, 6.45) is -0.920. The van der Waals surface area contributed by atoms with Crippen LogP contribution in [0.25, 0.3) is 0 Å². The molecule has 0 heterocycles. The number of anilines is 2. The summed E-state index contributed by atoms with van der Waals surface area (Å²) in [6.45, 7) is 1.53. The molecule has 0 unspecified atom stereocenters. The molecule has 0 spiro atoms. The minimum Gasteiger partial charge on any atom is -0.449 e. The summed E-state index contributed by atoms with van der Waals surface area (Å²) in [7, 11) is 3.76. The van der Waals surface area contributed by atoms with Crippen LogP contribution in [0, 0.1) is 0 Å². The summed E-state index contributed by atoms with van der Waals surface area (Å²) >= 11 is 5.80. The number of hydrogen-bond donors (Lipinski definition) is 1. The van der Waals surface area contributed by atoms with E-state index in [4.69, 9.17) is 16.3 Å². The molecule has 6 heteroatoms. The van der Waals surface area contributed by atoms with Crippen molar-refractivity contribution in [3.05, 3.63) is 59.1 Å². The Morgan fingerprint density at radius 1 is 1.12 bits per heavy atom. The van der Waals surface area contributed by atoms with Crippen LogP contribution in [0.4, 0.5) is 11.4 Å². The first-order valence-corrected chi connectivity index (χ1v) is 7.79. The second-order valence-corrected chi connectivity index (χ2v) is 5.92. The minimum atomic E-state index is -0.920. The Morgan fingerprint density at radius 2 is 1.79 bits per heavy atom. The lowest BCUT2D eigenvalue weighted by molar-refractivity contribution is -0.123. The third kappa shape index (κ3) is 4.73. The molecule has 0 bridgehead atoms. The molecule has 0 aromatic heterocycles. The highest BCUT2D eigenvalue weighted by Crippen LogP contribution is 2.16. The number of halogens is 1. The van der Waals surface area contributed by atoms with E-state index in [1.807, 2.05) is 25.1 Å². The van der Waals surface area contributed by atoms with E-state index in [1.165, 1.54) is 6.92 Å². The molecule has 126 valence electrons. The van der Waals surface area contributed by atoms with Crippen molar-refractivity contribution in [2.75, 3.05) is 24.3 Å². The maximum absolute atomic E-state index is 12.2. The molecule has 0 fully saturated rings. The van der Waals surface area contributed by atoms with Gasteiger partial charge in [-0.1, -0.05) is 17.7 Å². The number of benzene rings is 2. The van der Waals surface area contributed by atoms with Gasteiger partial charge in [-0.05, 0) is 49.4 Å². The van der Waals surface area contributed by atoms with Crippen molar-refractivity contribution >= 4 is 34.9 Å². The largest absolute Gasteiger partial charge is 0.449 e. The van der Waals surface area contributed by atoms with E-state index in [-0.39, 0.29) is 0 Å². The average Bonchev–Trinajstić information content (AvgIpc) is 2.56. The summed E-state index contributed by atoms with van der Waals surface area (Å²) in [4.78, 5) is 26.2. The van der Waals surface area contributed by atoms with Crippen LogP contribution in [0.3, 0.4) is 0 Å². The second-order valence-electron chi connectivity index (χ2n) is 5.49. The van der Waals surface area contributed by atoms with Gasteiger partial charge in [-0.25, -0.2) is 4.79 Å². The van der Waals surface area contributed by atoms with Crippen molar-refractivity contribution < 1.29 is 14.3 Å². The van der Waals surface area contributed by atoms with Crippen molar-refractivity contribution in [2.24, 2.45) is 0 Å². The van der Waals surface area contributed by atoms with Crippen LogP contribution in [0.15, 0.2) is 48.5 Å². The molecule has 2 rings (SSSR count). The quantitative estimate of drug-likeness (QED) is 0.840. The number of nitrogens with one attached hydrogen (secondary N) is 1. The Hall–Kier alpha value is -2.53. The molecule has 0 aliphatic heterocycles. The van der Waals surface area contributed by atoms with Gasteiger partial charge in [0.2, 0.25) is 0 Å². The highest BCUT2D eigenvalue weighted by atomic mass is 35.5. The van der Waals surface area contributed by atoms with Gasteiger partial charge in [-0.3, -0.25) is 4.79 Å². The van der Waals surface area contributed by atoms with Gasteiger partial charge in [0.15, 0.2) is 6.10 Å². The fraction of sp³-hybridized carbons (Fsp3) is 0.222. The molecule has 1 amide bonds. The first kappa shape index (κ1) is 17.8. The van der Waals surface area contributed by atoms with E-state index < -0.39 is 18.0 Å². The Balaban J connectivity index is 1.99. The van der Waals surface area contributed by atoms with Crippen LogP contribution in [0.2, 0.25) is 5.02 Å². The van der Waals surface area contributed by atoms with E-state index in [9.17, 15) is 9.59 Å². The van der Waals surface area contributed by atoms with E-state index >= 15 is 0 Å². The van der Waals surface area contributed by atoms with Crippen molar-refractivity contribution in [3.8, 4) is 0 Å². The van der Waals surface area contributed by atoms with Crippen LogP contribution in [-0.2, 0) is 9.53 Å². The zero-order valence-electron chi connectivity index (χ0n) is 13.7. The monoisotopic (exact) mass is 346 g/mol. The third-order valence-electron chi connectivity index (χ3n) is 3.36. The Kier molecular flexibility index (Phi) is 5.82. The number of hydrogen-bond acceptors (Lipinski definition) is 4. The van der Waals surface area contributed by atoms with Crippen LogP contribution >= 0.6 is 11.6 Å². The van der Waals surface area contributed by atoms with Crippen molar-refractivity contribution in [2.45, 2.75) is 13.0 Å². The fourth-order valence-electron chi connectivity index (χ4n) is 1.97. The topological polar surface area (TPSA) is 58.6 Å². The Labute approximate surface area is 146 Å². The summed E-state index contributed by atoms with van der Waals surface area (Å²) in [6, 6.07) is 13.7. The van der Waals surface area contributed by atoms with Crippen molar-refractivity contribution in [3.63, 3.8) is 0 Å². The molecule has 5 nitrogen and oxygen atoms in total. The number of carbonyl (C=O) groups is 2. The lowest BCUT2D eigenvalue weighted by Gasteiger charge is -2.15. The summed E-state index contributed by atoms with van der Waals surface area (Å²) in [5.74, 6) is -0.952. The summed E-state index contributed by atoms with van der Waals surface area (Å²) < 4.78 is 5.23. The highest BCUT2D eigenvalue weighted by molar-refractivity contribution is 6.30. The highest BCUT2D eigenvalue weighted by Gasteiger charge is 2.19. The van der Waals surface area contributed by atoms with Gasteiger partial charge in [0.1, 0.15) is 0 Å². The molecule has 0 aliphatic carbocycles. The zero-order valence-corrected chi connectivity index (χ0v) is 14.5. The van der Waals surface area contributed by atoms with Crippen molar-refractivity contribution in [1.29, 1.82) is 0 Å². The normalized spacial score (nSPS) is 11.5. The molecular weight excluding hydrogens is 328 g/mol. The zero-order chi connectivity index (χ0) is 17.7. The smallest absolute Gasteiger partial charge is 0.338 e. The molecule has 2 aromatic rings. The first-order chi connectivity index (χ1) is 11.4. The van der Waals surface area contributed by atoms with Gasteiger partial charge in [-0.2, -0.15) is 0 Å².